The Hall–Kier alpha value is -3.47. The summed E-state index contributed by atoms with van der Waals surface area (Å²) in [4.78, 5) is 32.4. The third-order valence-corrected chi connectivity index (χ3v) is 6.19. The Labute approximate surface area is 181 Å². The van der Waals surface area contributed by atoms with E-state index in [9.17, 15) is 9.59 Å². The molecule has 1 saturated heterocycles. The minimum Gasteiger partial charge on any atom is -0.342 e. The summed E-state index contributed by atoms with van der Waals surface area (Å²) in [6.07, 6.45) is 6.67. The van der Waals surface area contributed by atoms with E-state index < -0.39 is 0 Å². The standard InChI is InChI=1S/C26H25N3O2/c30-25(13-12-23-18-28-14-4-3-9-24(28)27-23)29-15-5-8-22(17-29)26(31)21-11-10-19-6-1-2-7-20(19)16-21/h1-4,6-7,9-11,14,16,18,22H,5,8,12-13,15,17H2. The van der Waals surface area contributed by atoms with Gasteiger partial charge >= 0.3 is 0 Å². The van der Waals surface area contributed by atoms with Crippen LogP contribution in [-0.2, 0) is 11.2 Å². The molecule has 5 nitrogen and oxygen atoms in total. The second kappa shape index (κ2) is 8.34. The van der Waals surface area contributed by atoms with E-state index in [1.165, 1.54) is 0 Å². The van der Waals surface area contributed by atoms with Crippen molar-refractivity contribution >= 4 is 28.1 Å². The van der Waals surface area contributed by atoms with Gasteiger partial charge in [0.15, 0.2) is 5.78 Å². The van der Waals surface area contributed by atoms with Gasteiger partial charge in [0.25, 0.3) is 0 Å². The lowest BCUT2D eigenvalue weighted by atomic mass is 9.89. The van der Waals surface area contributed by atoms with Gasteiger partial charge in [0.2, 0.25) is 5.91 Å². The van der Waals surface area contributed by atoms with Crippen LogP contribution in [0, 0.1) is 5.92 Å². The fraction of sp³-hybridized carbons (Fsp3) is 0.269. The molecule has 1 fully saturated rings. The summed E-state index contributed by atoms with van der Waals surface area (Å²) in [6.45, 7) is 1.24. The van der Waals surface area contributed by atoms with Crippen molar-refractivity contribution in [3.05, 3.63) is 84.3 Å². The van der Waals surface area contributed by atoms with Gasteiger partial charge in [-0.3, -0.25) is 9.59 Å². The second-order valence-electron chi connectivity index (χ2n) is 8.30. The number of aromatic nitrogens is 2. The molecule has 5 rings (SSSR count). The normalized spacial score (nSPS) is 16.6. The van der Waals surface area contributed by atoms with Gasteiger partial charge in [-0.2, -0.15) is 0 Å². The Morgan fingerprint density at radius 3 is 2.71 bits per heavy atom. The van der Waals surface area contributed by atoms with Crippen molar-refractivity contribution in [2.75, 3.05) is 13.1 Å². The molecule has 2 aromatic carbocycles. The number of carbonyl (C=O) groups is 2. The zero-order chi connectivity index (χ0) is 21.2. The highest BCUT2D eigenvalue weighted by Gasteiger charge is 2.29. The SMILES string of the molecule is O=C(c1ccc2ccccc2c1)C1CCCN(C(=O)CCc2cn3ccccc3n2)C1. The molecular formula is C26H25N3O2. The molecular weight excluding hydrogens is 386 g/mol. The van der Waals surface area contributed by atoms with Crippen LogP contribution in [0.4, 0.5) is 0 Å². The first-order valence-electron chi connectivity index (χ1n) is 10.9. The number of benzene rings is 2. The van der Waals surface area contributed by atoms with Crippen LogP contribution in [0.25, 0.3) is 16.4 Å². The summed E-state index contributed by atoms with van der Waals surface area (Å²) in [5, 5.41) is 2.20. The molecule has 2 aromatic heterocycles. The van der Waals surface area contributed by atoms with Crippen molar-refractivity contribution in [1.82, 2.24) is 14.3 Å². The first kappa shape index (κ1) is 19.5. The lowest BCUT2D eigenvalue weighted by Crippen LogP contribution is -2.42. The van der Waals surface area contributed by atoms with Gasteiger partial charge in [0.05, 0.1) is 5.69 Å². The maximum absolute atomic E-state index is 13.1. The highest BCUT2D eigenvalue weighted by molar-refractivity contribution is 6.01. The Kier molecular flexibility index (Phi) is 5.24. The Morgan fingerprint density at radius 1 is 1.00 bits per heavy atom. The lowest BCUT2D eigenvalue weighted by molar-refractivity contribution is -0.132. The van der Waals surface area contributed by atoms with Crippen molar-refractivity contribution in [2.45, 2.75) is 25.7 Å². The molecule has 5 heteroatoms. The lowest BCUT2D eigenvalue weighted by Gasteiger charge is -2.32. The molecule has 0 spiro atoms. The molecule has 156 valence electrons. The van der Waals surface area contributed by atoms with Crippen molar-refractivity contribution in [3.63, 3.8) is 0 Å². The molecule has 0 N–H and O–H groups in total. The van der Waals surface area contributed by atoms with Gasteiger partial charge < -0.3 is 9.30 Å². The van der Waals surface area contributed by atoms with Crippen LogP contribution in [0.3, 0.4) is 0 Å². The van der Waals surface area contributed by atoms with Crippen LogP contribution in [0.1, 0.15) is 35.3 Å². The summed E-state index contributed by atoms with van der Waals surface area (Å²) in [5.41, 5.74) is 2.55. The van der Waals surface area contributed by atoms with Gasteiger partial charge in [0, 0.05) is 43.4 Å². The van der Waals surface area contributed by atoms with E-state index in [-0.39, 0.29) is 17.6 Å². The molecule has 1 unspecified atom stereocenters. The number of ketones is 1. The number of hydrogen-bond acceptors (Lipinski definition) is 3. The Balaban J connectivity index is 1.23. The minimum absolute atomic E-state index is 0.105. The number of Topliss-reactive ketones (excluding diaryl/α,β-unsaturated/α-hetero) is 1. The number of likely N-dealkylation sites (tertiary alicyclic amines) is 1. The number of hydrogen-bond donors (Lipinski definition) is 0. The first-order chi connectivity index (χ1) is 15.2. The third-order valence-electron chi connectivity index (χ3n) is 6.19. The van der Waals surface area contributed by atoms with Crippen molar-refractivity contribution in [1.29, 1.82) is 0 Å². The maximum atomic E-state index is 13.1. The highest BCUT2D eigenvalue weighted by Crippen LogP contribution is 2.24. The van der Waals surface area contributed by atoms with Crippen LogP contribution in [0.15, 0.2) is 73.1 Å². The Bertz CT molecular complexity index is 1230. The van der Waals surface area contributed by atoms with Crippen molar-refractivity contribution in [3.8, 4) is 0 Å². The maximum Gasteiger partial charge on any atom is 0.222 e. The number of rotatable bonds is 5. The van der Waals surface area contributed by atoms with E-state index in [1.54, 1.807) is 0 Å². The number of carbonyl (C=O) groups excluding carboxylic acids is 2. The van der Waals surface area contributed by atoms with Gasteiger partial charge in [-0.25, -0.2) is 4.98 Å². The predicted molar refractivity (Wildman–Crippen MR) is 121 cm³/mol. The van der Waals surface area contributed by atoms with E-state index >= 15 is 0 Å². The largest absolute Gasteiger partial charge is 0.342 e. The molecule has 1 atom stereocenters. The molecule has 4 aromatic rings. The van der Waals surface area contributed by atoms with Gasteiger partial charge in [-0.15, -0.1) is 0 Å². The van der Waals surface area contributed by atoms with E-state index in [4.69, 9.17) is 0 Å². The smallest absolute Gasteiger partial charge is 0.222 e. The number of fused-ring (bicyclic) bond motifs is 2. The molecule has 1 amide bonds. The van der Waals surface area contributed by atoms with Crippen LogP contribution in [-0.4, -0.2) is 39.1 Å². The molecule has 3 heterocycles. The number of amides is 1. The number of imidazole rings is 1. The molecule has 0 bridgehead atoms. The summed E-state index contributed by atoms with van der Waals surface area (Å²) < 4.78 is 1.97. The summed E-state index contributed by atoms with van der Waals surface area (Å²) in [6, 6.07) is 19.8. The van der Waals surface area contributed by atoms with E-state index in [2.05, 4.69) is 4.98 Å². The van der Waals surface area contributed by atoms with Crippen molar-refractivity contribution in [2.24, 2.45) is 5.92 Å². The molecule has 0 saturated carbocycles. The molecule has 0 aliphatic carbocycles. The van der Waals surface area contributed by atoms with E-state index in [0.29, 0.717) is 19.4 Å². The highest BCUT2D eigenvalue weighted by atomic mass is 16.2. The molecule has 0 radical (unpaired) electrons. The van der Waals surface area contributed by atoms with Crippen LogP contribution in [0.2, 0.25) is 0 Å². The van der Waals surface area contributed by atoms with Crippen LogP contribution < -0.4 is 0 Å². The predicted octanol–water partition coefficient (Wildman–Crippen LogP) is 4.54. The van der Waals surface area contributed by atoms with Crippen LogP contribution >= 0.6 is 0 Å². The second-order valence-corrected chi connectivity index (χ2v) is 8.30. The zero-order valence-corrected chi connectivity index (χ0v) is 17.4. The van der Waals surface area contributed by atoms with Crippen molar-refractivity contribution < 1.29 is 9.59 Å². The number of aryl methyl sites for hydroxylation is 1. The number of nitrogens with zero attached hydrogens (tertiary/aromatic N) is 3. The number of pyridine rings is 1. The fourth-order valence-electron chi connectivity index (χ4n) is 4.50. The minimum atomic E-state index is -0.131. The average Bonchev–Trinajstić information content (AvgIpc) is 3.25. The van der Waals surface area contributed by atoms with E-state index in [1.807, 2.05) is 82.4 Å². The summed E-state index contributed by atoms with van der Waals surface area (Å²) >= 11 is 0. The molecule has 31 heavy (non-hydrogen) atoms. The van der Waals surface area contributed by atoms with Gasteiger partial charge in [-0.05, 0) is 48.2 Å². The summed E-state index contributed by atoms with van der Waals surface area (Å²) in [7, 11) is 0. The monoisotopic (exact) mass is 411 g/mol. The van der Waals surface area contributed by atoms with Crippen LogP contribution in [0.5, 0.6) is 0 Å². The fourth-order valence-corrected chi connectivity index (χ4v) is 4.50. The zero-order valence-electron chi connectivity index (χ0n) is 17.4. The summed E-state index contributed by atoms with van der Waals surface area (Å²) in [5.74, 6) is 0.116. The third kappa shape index (κ3) is 4.08. The molecule has 1 aliphatic heterocycles. The number of piperidine rings is 1. The Morgan fingerprint density at radius 2 is 1.84 bits per heavy atom. The van der Waals surface area contributed by atoms with E-state index in [0.717, 1.165) is 47.1 Å². The molecule has 1 aliphatic rings. The van der Waals surface area contributed by atoms with Gasteiger partial charge in [0.1, 0.15) is 5.65 Å². The topological polar surface area (TPSA) is 54.7 Å². The first-order valence-corrected chi connectivity index (χ1v) is 10.9. The van der Waals surface area contributed by atoms with Gasteiger partial charge in [-0.1, -0.05) is 42.5 Å². The average molecular weight is 412 g/mol. The quantitative estimate of drug-likeness (QED) is 0.453.